The van der Waals surface area contributed by atoms with Crippen LogP contribution in [0.3, 0.4) is 0 Å². The first-order valence-corrected chi connectivity index (χ1v) is 12.7. The van der Waals surface area contributed by atoms with Gasteiger partial charge in [-0.25, -0.2) is 0 Å². The first-order chi connectivity index (χ1) is 17.3. The topological polar surface area (TPSA) is 75.9 Å². The first kappa shape index (κ1) is 25.8. The fraction of sp³-hybridized carbons (Fsp3) is 0.393. The summed E-state index contributed by atoms with van der Waals surface area (Å²) in [6.45, 7) is 7.23. The fourth-order valence-electron chi connectivity index (χ4n) is 4.55. The van der Waals surface area contributed by atoms with Crippen LogP contribution in [0.5, 0.6) is 5.75 Å². The highest BCUT2D eigenvalue weighted by Gasteiger charge is 2.33. The third kappa shape index (κ3) is 5.26. The molecule has 190 valence electrons. The molecule has 4 rings (SSSR count). The maximum atomic E-state index is 14.1. The Morgan fingerprint density at radius 2 is 1.72 bits per heavy atom. The number of ether oxygens (including phenoxy) is 1. The van der Waals surface area contributed by atoms with Gasteiger partial charge in [0.2, 0.25) is 0 Å². The van der Waals surface area contributed by atoms with Crippen LogP contribution in [0.25, 0.3) is 11.3 Å². The van der Waals surface area contributed by atoms with Crippen molar-refractivity contribution in [1.29, 1.82) is 0 Å². The monoisotopic (exact) mass is 509 g/mol. The number of carbonyl (C=O) groups excluding carboxylic acids is 2. The molecule has 0 radical (unpaired) electrons. The molecule has 3 aromatic rings. The van der Waals surface area contributed by atoms with Crippen LogP contribution in [0.4, 0.5) is 0 Å². The smallest absolute Gasteiger partial charge is 0.260 e. The highest BCUT2D eigenvalue weighted by Crippen LogP contribution is 2.33. The van der Waals surface area contributed by atoms with Crippen LogP contribution in [-0.4, -0.2) is 59.6 Å². The van der Waals surface area contributed by atoms with E-state index in [1.165, 1.54) is 0 Å². The van der Waals surface area contributed by atoms with Crippen LogP contribution in [0.2, 0.25) is 5.02 Å². The van der Waals surface area contributed by atoms with Gasteiger partial charge in [-0.3, -0.25) is 9.59 Å². The minimum absolute atomic E-state index is 0.0651. The number of aromatic nitrogens is 1. The molecule has 0 bridgehead atoms. The molecule has 1 aromatic heterocycles. The van der Waals surface area contributed by atoms with Gasteiger partial charge in [0.25, 0.3) is 11.8 Å². The maximum Gasteiger partial charge on any atom is 0.260 e. The summed E-state index contributed by atoms with van der Waals surface area (Å²) >= 11 is 6.45. The Morgan fingerprint density at radius 3 is 2.44 bits per heavy atom. The molecule has 7 nitrogen and oxygen atoms in total. The molecule has 0 saturated carbocycles. The van der Waals surface area contributed by atoms with E-state index in [0.717, 1.165) is 12.8 Å². The van der Waals surface area contributed by atoms with E-state index >= 15 is 0 Å². The number of hydrogen-bond donors (Lipinski definition) is 0. The average Bonchev–Trinajstić information content (AvgIpc) is 3.25. The molecule has 8 heteroatoms. The number of aryl methyl sites for hydroxylation is 1. The molecule has 0 N–H and O–H groups in total. The van der Waals surface area contributed by atoms with E-state index in [1.807, 2.05) is 35.2 Å². The van der Waals surface area contributed by atoms with Crippen LogP contribution in [0, 0.1) is 12.8 Å². The van der Waals surface area contributed by atoms with E-state index in [2.05, 4.69) is 19.0 Å². The number of para-hydroxylation sites is 1. The molecule has 2 aromatic carbocycles. The third-order valence-corrected chi connectivity index (χ3v) is 6.98. The van der Waals surface area contributed by atoms with E-state index < -0.39 is 0 Å². The highest BCUT2D eigenvalue weighted by molar-refractivity contribution is 6.33. The predicted octanol–water partition coefficient (Wildman–Crippen LogP) is 5.72. The van der Waals surface area contributed by atoms with Crippen molar-refractivity contribution in [2.24, 2.45) is 5.92 Å². The van der Waals surface area contributed by atoms with Crippen LogP contribution < -0.4 is 4.74 Å². The Bertz CT molecular complexity index is 1240. The molecule has 0 spiro atoms. The number of halogens is 1. The normalized spacial score (nSPS) is 17.3. The summed E-state index contributed by atoms with van der Waals surface area (Å²) in [4.78, 5) is 30.7. The Morgan fingerprint density at radius 1 is 1.06 bits per heavy atom. The molecular weight excluding hydrogens is 478 g/mol. The molecule has 36 heavy (non-hydrogen) atoms. The van der Waals surface area contributed by atoms with Crippen molar-refractivity contribution in [3.63, 3.8) is 0 Å². The molecule has 0 unspecified atom stereocenters. The van der Waals surface area contributed by atoms with Crippen LogP contribution in [-0.2, 0) is 0 Å². The van der Waals surface area contributed by atoms with E-state index in [1.54, 1.807) is 37.1 Å². The van der Waals surface area contributed by atoms with E-state index in [4.69, 9.17) is 20.9 Å². The standard InChI is InChI=1S/C28H32ClN3O4/c1-18(2)23-17-35-24-14-8-6-12-21(24)27(33)31(4)15-9-10-16-32(23)28(34)25-19(3)36-30-26(25)20-11-5-7-13-22(20)29/h5-8,11-14,18,23H,9-10,15-17H2,1-4H3/t23-/m1/s1. The van der Waals surface area contributed by atoms with Crippen molar-refractivity contribution >= 4 is 23.4 Å². The van der Waals surface area contributed by atoms with Crippen molar-refractivity contribution in [3.8, 4) is 17.0 Å². The predicted molar refractivity (Wildman–Crippen MR) is 139 cm³/mol. The number of benzene rings is 2. The van der Waals surface area contributed by atoms with Crippen LogP contribution >= 0.6 is 11.6 Å². The largest absolute Gasteiger partial charge is 0.491 e. The van der Waals surface area contributed by atoms with Crippen molar-refractivity contribution in [3.05, 3.63) is 70.4 Å². The van der Waals surface area contributed by atoms with Crippen molar-refractivity contribution in [2.45, 2.75) is 39.7 Å². The quantitative estimate of drug-likeness (QED) is 0.451. The molecule has 1 aliphatic rings. The third-order valence-electron chi connectivity index (χ3n) is 6.65. The van der Waals surface area contributed by atoms with E-state index in [-0.39, 0.29) is 30.4 Å². The number of fused-ring (bicyclic) bond motifs is 1. The molecular formula is C28H32ClN3O4. The Labute approximate surface area is 217 Å². The second kappa shape index (κ2) is 11.2. The highest BCUT2D eigenvalue weighted by atomic mass is 35.5. The van der Waals surface area contributed by atoms with Crippen molar-refractivity contribution in [1.82, 2.24) is 15.0 Å². The molecule has 2 amide bonds. The lowest BCUT2D eigenvalue weighted by Crippen LogP contribution is -2.47. The van der Waals surface area contributed by atoms with Crippen LogP contribution in [0.1, 0.15) is 53.2 Å². The zero-order valence-electron chi connectivity index (χ0n) is 21.2. The molecule has 1 atom stereocenters. The van der Waals surface area contributed by atoms with Gasteiger partial charge in [0.05, 0.1) is 16.6 Å². The summed E-state index contributed by atoms with van der Waals surface area (Å²) in [7, 11) is 1.79. The Hall–Kier alpha value is -3.32. The van der Waals surface area contributed by atoms with Gasteiger partial charge in [-0.1, -0.05) is 60.9 Å². The Balaban J connectivity index is 1.72. The number of hydrogen-bond acceptors (Lipinski definition) is 5. The second-order valence-corrected chi connectivity index (χ2v) is 9.90. The van der Waals surface area contributed by atoms with Crippen molar-refractivity contribution < 1.29 is 18.8 Å². The summed E-state index contributed by atoms with van der Waals surface area (Å²) < 4.78 is 11.7. The van der Waals surface area contributed by atoms with Gasteiger partial charge >= 0.3 is 0 Å². The van der Waals surface area contributed by atoms with Gasteiger partial charge < -0.3 is 19.1 Å². The van der Waals surface area contributed by atoms with Gasteiger partial charge in [0.15, 0.2) is 0 Å². The van der Waals surface area contributed by atoms with Gasteiger partial charge in [-0.2, -0.15) is 0 Å². The van der Waals surface area contributed by atoms with Crippen LogP contribution in [0.15, 0.2) is 53.1 Å². The molecule has 0 fully saturated rings. The lowest BCUT2D eigenvalue weighted by Gasteiger charge is -2.35. The first-order valence-electron chi connectivity index (χ1n) is 12.3. The number of nitrogens with zero attached hydrogens (tertiary/aromatic N) is 3. The molecule has 0 aliphatic carbocycles. The lowest BCUT2D eigenvalue weighted by molar-refractivity contribution is 0.0514. The number of carbonyl (C=O) groups is 2. The minimum atomic E-state index is -0.230. The summed E-state index contributed by atoms with van der Waals surface area (Å²) in [6, 6.07) is 14.3. The van der Waals surface area contributed by atoms with E-state index in [9.17, 15) is 9.59 Å². The lowest BCUT2D eigenvalue weighted by atomic mass is 9.99. The summed E-state index contributed by atoms with van der Waals surface area (Å²) in [6.07, 6.45) is 1.50. The summed E-state index contributed by atoms with van der Waals surface area (Å²) in [5.41, 5.74) is 2.03. The van der Waals surface area contributed by atoms with Crippen molar-refractivity contribution in [2.75, 3.05) is 26.7 Å². The van der Waals surface area contributed by atoms with Gasteiger partial charge in [-0.15, -0.1) is 0 Å². The van der Waals surface area contributed by atoms with E-state index in [0.29, 0.717) is 52.0 Å². The number of rotatable bonds is 3. The summed E-state index contributed by atoms with van der Waals surface area (Å²) in [5, 5.41) is 4.70. The molecule has 0 saturated heterocycles. The van der Waals surface area contributed by atoms with Gasteiger partial charge in [0, 0.05) is 25.7 Å². The maximum absolute atomic E-state index is 14.1. The zero-order valence-corrected chi connectivity index (χ0v) is 21.9. The van der Waals surface area contributed by atoms with Gasteiger partial charge in [0.1, 0.15) is 29.4 Å². The second-order valence-electron chi connectivity index (χ2n) is 9.49. The van der Waals surface area contributed by atoms with Gasteiger partial charge in [-0.05, 0) is 43.9 Å². The molecule has 1 aliphatic heterocycles. The minimum Gasteiger partial charge on any atom is -0.491 e. The number of amides is 2. The molecule has 2 heterocycles. The SMILES string of the molecule is Cc1onc(-c2ccccc2Cl)c1C(=O)N1CCCCN(C)C(=O)c2ccccc2OC[C@@H]1C(C)C. The average molecular weight is 510 g/mol. The fourth-order valence-corrected chi connectivity index (χ4v) is 4.77. The zero-order chi connectivity index (χ0) is 25.8. The summed E-state index contributed by atoms with van der Waals surface area (Å²) in [5.74, 6) is 0.836. The Kier molecular flexibility index (Phi) is 7.99.